The van der Waals surface area contributed by atoms with Crippen LogP contribution in [0.25, 0.3) is 0 Å². The molecule has 65 heavy (non-hydrogen) atoms. The molecule has 0 aliphatic carbocycles. The second-order valence-corrected chi connectivity index (χ2v) is 18.7. The summed E-state index contributed by atoms with van der Waals surface area (Å²) in [5.74, 6) is -2.63. The second-order valence-electron chi connectivity index (χ2n) is 18.7. The summed E-state index contributed by atoms with van der Waals surface area (Å²) in [6, 6.07) is 0. The maximum absolute atomic E-state index is 10.3. The standard InChI is InChI=1S/4C14H28O2.Zr/c4*1-2-3-4-5-6-7-8-9-10-11-12-13-14(15)16;/h4*2-13H2,1H3,(H,15,16);. The van der Waals surface area contributed by atoms with Gasteiger partial charge in [-0.05, 0) is 25.7 Å². The number of aliphatic carboxylic acids is 4. The molecule has 0 heterocycles. The van der Waals surface area contributed by atoms with Gasteiger partial charge in [-0.3, -0.25) is 19.2 Å². The van der Waals surface area contributed by atoms with Crippen molar-refractivity contribution in [2.45, 2.75) is 336 Å². The fraction of sp³-hybridized carbons (Fsp3) is 0.929. The second kappa shape index (κ2) is 69.3. The zero-order chi connectivity index (χ0) is 48.3. The average molecular weight is 1000 g/mol. The van der Waals surface area contributed by atoms with Crippen molar-refractivity contribution in [1.82, 2.24) is 0 Å². The minimum absolute atomic E-state index is 0. The molecule has 8 nitrogen and oxygen atoms in total. The Labute approximate surface area is 423 Å². The van der Waals surface area contributed by atoms with Gasteiger partial charge in [-0.15, -0.1) is 0 Å². The first-order chi connectivity index (χ1) is 31.1. The molecule has 4 N–H and O–H groups in total. The van der Waals surface area contributed by atoms with Crippen LogP contribution in [0.5, 0.6) is 0 Å². The van der Waals surface area contributed by atoms with Crippen molar-refractivity contribution in [3.8, 4) is 0 Å². The number of rotatable bonds is 48. The summed E-state index contributed by atoms with van der Waals surface area (Å²) in [6.07, 6.45) is 57.4. The minimum atomic E-state index is -0.657. The molecule has 0 bridgehead atoms. The molecule has 388 valence electrons. The molecule has 0 spiro atoms. The number of carboxylic acid groups (broad SMARTS) is 4. The van der Waals surface area contributed by atoms with Gasteiger partial charge in [0.1, 0.15) is 0 Å². The van der Waals surface area contributed by atoms with Crippen molar-refractivity contribution in [3.63, 3.8) is 0 Å². The van der Waals surface area contributed by atoms with Crippen LogP contribution in [0.4, 0.5) is 0 Å². The van der Waals surface area contributed by atoms with Crippen LogP contribution in [0.2, 0.25) is 0 Å². The van der Waals surface area contributed by atoms with Gasteiger partial charge in [-0.2, -0.15) is 0 Å². The Balaban J connectivity index is -0.000000245. The fourth-order valence-corrected chi connectivity index (χ4v) is 7.76. The molecular formula is C56H112O8Zr. The van der Waals surface area contributed by atoms with Gasteiger partial charge in [0.2, 0.25) is 0 Å². The number of carboxylic acids is 4. The summed E-state index contributed by atoms with van der Waals surface area (Å²) in [5, 5.41) is 33.8. The SMILES string of the molecule is CCCCCCCCCCCCCC(=O)O.CCCCCCCCCCCCCC(=O)O.CCCCCCCCCCCCCC(=O)O.CCCCCCCCCCCCCC(=O)O.[Zr]. The van der Waals surface area contributed by atoms with Crippen LogP contribution < -0.4 is 0 Å². The zero-order valence-electron chi connectivity index (χ0n) is 43.9. The third-order valence-corrected chi connectivity index (χ3v) is 12.0. The number of unbranched alkanes of at least 4 members (excludes halogenated alkanes) is 40. The van der Waals surface area contributed by atoms with Crippen LogP contribution in [-0.4, -0.2) is 44.3 Å². The van der Waals surface area contributed by atoms with Gasteiger partial charge in [-0.1, -0.05) is 285 Å². The van der Waals surface area contributed by atoms with Crippen molar-refractivity contribution in [1.29, 1.82) is 0 Å². The zero-order valence-corrected chi connectivity index (χ0v) is 46.3. The Hall–Kier alpha value is -1.24. The van der Waals surface area contributed by atoms with Crippen molar-refractivity contribution in [3.05, 3.63) is 0 Å². The summed E-state index contributed by atoms with van der Waals surface area (Å²) < 4.78 is 0. The van der Waals surface area contributed by atoms with E-state index in [9.17, 15) is 19.2 Å². The number of hydrogen-bond acceptors (Lipinski definition) is 4. The summed E-state index contributed by atoms with van der Waals surface area (Å²) >= 11 is 0. The van der Waals surface area contributed by atoms with Gasteiger partial charge < -0.3 is 20.4 Å². The maximum Gasteiger partial charge on any atom is 0.303 e. The van der Waals surface area contributed by atoms with Crippen molar-refractivity contribution >= 4 is 23.9 Å². The molecule has 0 saturated heterocycles. The molecule has 0 aromatic heterocycles. The normalized spacial score (nSPS) is 10.4. The van der Waals surface area contributed by atoms with E-state index in [2.05, 4.69) is 27.7 Å². The van der Waals surface area contributed by atoms with Crippen LogP contribution in [-0.2, 0) is 45.4 Å². The topological polar surface area (TPSA) is 149 Å². The van der Waals surface area contributed by atoms with E-state index in [0.717, 1.165) is 51.4 Å². The molecule has 9 heteroatoms. The Morgan fingerprint density at radius 3 is 0.385 bits per heavy atom. The molecule has 0 amide bonds. The molecule has 0 atom stereocenters. The van der Waals surface area contributed by atoms with E-state index in [1.807, 2.05) is 0 Å². The molecule has 0 aliphatic heterocycles. The third-order valence-electron chi connectivity index (χ3n) is 12.0. The first-order valence-corrected chi connectivity index (χ1v) is 28.0. The molecule has 0 fully saturated rings. The van der Waals surface area contributed by atoms with Crippen molar-refractivity contribution in [2.75, 3.05) is 0 Å². The Morgan fingerprint density at radius 1 is 0.200 bits per heavy atom. The van der Waals surface area contributed by atoms with Gasteiger partial charge in [-0.25, -0.2) is 0 Å². The maximum atomic E-state index is 10.3. The van der Waals surface area contributed by atoms with Crippen molar-refractivity contribution < 1.29 is 65.8 Å². The van der Waals surface area contributed by atoms with E-state index >= 15 is 0 Å². The Morgan fingerprint density at radius 2 is 0.292 bits per heavy atom. The number of hydrogen-bond donors (Lipinski definition) is 4. The van der Waals surface area contributed by atoms with Gasteiger partial charge >= 0.3 is 23.9 Å². The van der Waals surface area contributed by atoms with E-state index in [4.69, 9.17) is 20.4 Å². The average Bonchev–Trinajstić information content (AvgIpc) is 3.26. The van der Waals surface area contributed by atoms with Crippen LogP contribution in [0, 0.1) is 0 Å². The molecule has 0 saturated carbocycles. The predicted molar refractivity (Wildman–Crippen MR) is 275 cm³/mol. The fourth-order valence-electron chi connectivity index (χ4n) is 7.76. The largest absolute Gasteiger partial charge is 0.481 e. The molecule has 0 aromatic carbocycles. The Kier molecular flexibility index (Phi) is 77.6. The molecule has 0 aromatic rings. The van der Waals surface area contributed by atoms with Gasteiger partial charge in [0.25, 0.3) is 0 Å². The minimum Gasteiger partial charge on any atom is -0.481 e. The monoisotopic (exact) mass is 1000 g/mol. The summed E-state index contributed by atoms with van der Waals surface area (Å²) in [4.78, 5) is 41.0. The molecule has 0 unspecified atom stereocenters. The number of carbonyl (C=O) groups is 4. The van der Waals surface area contributed by atoms with E-state index in [-0.39, 0.29) is 26.2 Å². The van der Waals surface area contributed by atoms with Gasteiger partial charge in [0, 0.05) is 51.9 Å². The van der Waals surface area contributed by atoms with Crippen LogP contribution in [0.1, 0.15) is 336 Å². The summed E-state index contributed by atoms with van der Waals surface area (Å²) in [6.45, 7) is 8.99. The summed E-state index contributed by atoms with van der Waals surface area (Å²) in [5.41, 5.74) is 0. The van der Waals surface area contributed by atoms with Crippen LogP contribution >= 0.6 is 0 Å². The quantitative estimate of drug-likeness (QED) is 0.0440. The van der Waals surface area contributed by atoms with Gasteiger partial charge in [0.15, 0.2) is 0 Å². The van der Waals surface area contributed by atoms with E-state index in [0.29, 0.717) is 25.7 Å². The molecular weight excluding hydrogens is 892 g/mol. The molecule has 0 rings (SSSR count). The van der Waals surface area contributed by atoms with E-state index < -0.39 is 23.9 Å². The molecule has 0 aliphatic rings. The predicted octanol–water partition coefficient (Wildman–Crippen LogP) is 19.1. The summed E-state index contributed by atoms with van der Waals surface area (Å²) in [7, 11) is 0. The van der Waals surface area contributed by atoms with Crippen LogP contribution in [0.15, 0.2) is 0 Å². The first kappa shape index (κ1) is 72.7. The van der Waals surface area contributed by atoms with Gasteiger partial charge in [0.05, 0.1) is 0 Å². The Bertz CT molecular complexity index is 771. The van der Waals surface area contributed by atoms with E-state index in [1.165, 1.54) is 231 Å². The molecule has 0 radical (unpaired) electrons. The van der Waals surface area contributed by atoms with E-state index in [1.54, 1.807) is 0 Å². The third kappa shape index (κ3) is 89.9. The van der Waals surface area contributed by atoms with Crippen molar-refractivity contribution in [2.24, 2.45) is 0 Å². The first-order valence-electron chi connectivity index (χ1n) is 28.0. The smallest absolute Gasteiger partial charge is 0.303 e. The van der Waals surface area contributed by atoms with Crippen LogP contribution in [0.3, 0.4) is 0 Å².